The van der Waals surface area contributed by atoms with Crippen LogP contribution in [0.15, 0.2) is 0 Å². The Morgan fingerprint density at radius 1 is 1.44 bits per heavy atom. The fourth-order valence-electron chi connectivity index (χ4n) is 4.33. The Morgan fingerprint density at radius 3 is 2.83 bits per heavy atom. The average molecular weight is 252 g/mol. The first-order chi connectivity index (χ1) is 8.49. The zero-order valence-corrected chi connectivity index (χ0v) is 11.7. The number of carbonyl (C=O) groups excluding carboxylic acids is 2. The summed E-state index contributed by atoms with van der Waals surface area (Å²) in [7, 11) is 1.40. The van der Waals surface area contributed by atoms with E-state index in [0.717, 1.165) is 12.8 Å². The van der Waals surface area contributed by atoms with Crippen molar-refractivity contribution < 1.29 is 14.3 Å². The van der Waals surface area contributed by atoms with Crippen LogP contribution in [0.3, 0.4) is 0 Å². The average Bonchev–Trinajstić information content (AvgIpc) is 2.33. The molecule has 4 unspecified atom stereocenters. The second-order valence-corrected chi connectivity index (χ2v) is 6.32. The third-order valence-corrected chi connectivity index (χ3v) is 5.39. The van der Waals surface area contributed by atoms with Crippen LogP contribution in [0.1, 0.15) is 52.4 Å². The molecule has 0 aliphatic heterocycles. The molecule has 0 bridgehead atoms. The lowest BCUT2D eigenvalue weighted by Crippen LogP contribution is -2.49. The van der Waals surface area contributed by atoms with Crippen LogP contribution in [0.4, 0.5) is 0 Å². The van der Waals surface area contributed by atoms with Crippen molar-refractivity contribution in [3.05, 3.63) is 0 Å². The van der Waals surface area contributed by atoms with Crippen LogP contribution in [0.5, 0.6) is 0 Å². The van der Waals surface area contributed by atoms with E-state index in [9.17, 15) is 9.59 Å². The minimum absolute atomic E-state index is 0.0151. The minimum atomic E-state index is -0.242. The van der Waals surface area contributed by atoms with Crippen molar-refractivity contribution >= 4 is 11.8 Å². The van der Waals surface area contributed by atoms with Gasteiger partial charge in [-0.25, -0.2) is 0 Å². The number of esters is 1. The van der Waals surface area contributed by atoms with Crippen LogP contribution in [0.2, 0.25) is 0 Å². The summed E-state index contributed by atoms with van der Waals surface area (Å²) in [5.74, 6) is 1.18. The Balaban J connectivity index is 2.23. The van der Waals surface area contributed by atoms with Crippen LogP contribution in [0, 0.1) is 23.2 Å². The molecule has 2 aliphatic carbocycles. The molecule has 0 heterocycles. The largest absolute Gasteiger partial charge is 0.469 e. The third-order valence-electron chi connectivity index (χ3n) is 5.39. The molecule has 2 fully saturated rings. The van der Waals surface area contributed by atoms with Gasteiger partial charge in [-0.3, -0.25) is 9.59 Å². The van der Waals surface area contributed by atoms with Gasteiger partial charge in [-0.1, -0.05) is 26.7 Å². The second kappa shape index (κ2) is 5.02. The van der Waals surface area contributed by atoms with Gasteiger partial charge in [-0.05, 0) is 30.1 Å². The molecule has 0 aromatic rings. The van der Waals surface area contributed by atoms with E-state index >= 15 is 0 Å². The van der Waals surface area contributed by atoms with Gasteiger partial charge in [0.2, 0.25) is 0 Å². The van der Waals surface area contributed by atoms with Crippen LogP contribution >= 0.6 is 0 Å². The molecule has 0 spiro atoms. The van der Waals surface area contributed by atoms with Gasteiger partial charge in [0.1, 0.15) is 5.78 Å². The molecule has 0 N–H and O–H groups in total. The number of methoxy groups -OCH3 is 1. The van der Waals surface area contributed by atoms with Crippen LogP contribution in [0.25, 0.3) is 0 Å². The number of rotatable bonds is 2. The summed E-state index contributed by atoms with van der Waals surface area (Å²) in [4.78, 5) is 23.8. The maximum atomic E-state index is 12.2. The smallest absolute Gasteiger partial charge is 0.306 e. The van der Waals surface area contributed by atoms with Crippen molar-refractivity contribution in [2.24, 2.45) is 23.2 Å². The summed E-state index contributed by atoms with van der Waals surface area (Å²) in [6.07, 6.45) is 5.45. The van der Waals surface area contributed by atoms with E-state index in [2.05, 4.69) is 13.8 Å². The molecule has 0 aromatic heterocycles. The minimum Gasteiger partial charge on any atom is -0.469 e. The van der Waals surface area contributed by atoms with Gasteiger partial charge in [-0.15, -0.1) is 0 Å². The molecule has 0 saturated heterocycles. The molecule has 3 heteroatoms. The predicted octanol–water partition coefficient (Wildman–Crippen LogP) is 2.97. The lowest BCUT2D eigenvalue weighted by molar-refractivity contribution is -0.152. The summed E-state index contributed by atoms with van der Waals surface area (Å²) in [6.45, 7) is 4.52. The first kappa shape index (κ1) is 13.6. The first-order valence-electron chi connectivity index (χ1n) is 7.08. The van der Waals surface area contributed by atoms with E-state index in [0.29, 0.717) is 18.3 Å². The molecule has 0 radical (unpaired) electrons. The predicted molar refractivity (Wildman–Crippen MR) is 69.0 cm³/mol. The van der Waals surface area contributed by atoms with E-state index in [1.165, 1.54) is 20.0 Å². The molecular weight excluding hydrogens is 228 g/mol. The van der Waals surface area contributed by atoms with E-state index in [4.69, 9.17) is 4.74 Å². The molecule has 2 rings (SSSR count). The highest BCUT2D eigenvalue weighted by Gasteiger charge is 2.51. The third kappa shape index (κ3) is 2.19. The molecular formula is C15H24O3. The molecule has 2 aliphatic rings. The highest BCUT2D eigenvalue weighted by atomic mass is 16.5. The molecule has 102 valence electrons. The molecule has 18 heavy (non-hydrogen) atoms. The Morgan fingerprint density at radius 2 is 2.17 bits per heavy atom. The Labute approximate surface area is 109 Å². The lowest BCUT2D eigenvalue weighted by Gasteiger charge is -2.52. The Hall–Kier alpha value is -0.860. The van der Waals surface area contributed by atoms with Crippen molar-refractivity contribution in [3.8, 4) is 0 Å². The summed E-state index contributed by atoms with van der Waals surface area (Å²) in [6, 6.07) is 0. The SMILES string of the molecule is COC(=O)CC1C(=O)CCC2C(C)CCCC12C. The van der Waals surface area contributed by atoms with Crippen LogP contribution in [-0.4, -0.2) is 18.9 Å². The van der Waals surface area contributed by atoms with Crippen LogP contribution in [-0.2, 0) is 14.3 Å². The topological polar surface area (TPSA) is 43.4 Å². The fraction of sp³-hybridized carbons (Fsp3) is 0.867. The van der Waals surface area contributed by atoms with Crippen molar-refractivity contribution in [3.63, 3.8) is 0 Å². The van der Waals surface area contributed by atoms with E-state index in [1.54, 1.807) is 0 Å². The Kier molecular flexibility index (Phi) is 3.79. The molecule has 0 aromatic carbocycles. The number of hydrogen-bond acceptors (Lipinski definition) is 3. The summed E-state index contributed by atoms with van der Waals surface area (Å²) < 4.78 is 4.76. The molecule has 0 amide bonds. The standard InChI is InChI=1S/C15H24O3/c1-10-5-4-8-15(2)11(10)6-7-13(16)12(15)9-14(17)18-3/h10-12H,4-9H2,1-3H3. The van der Waals surface area contributed by atoms with Gasteiger partial charge < -0.3 is 4.74 Å². The highest BCUT2D eigenvalue weighted by molar-refractivity contribution is 5.86. The van der Waals surface area contributed by atoms with Crippen molar-refractivity contribution in [1.82, 2.24) is 0 Å². The van der Waals surface area contributed by atoms with E-state index in [-0.39, 0.29) is 29.5 Å². The number of ether oxygens (including phenoxy) is 1. The summed E-state index contributed by atoms with van der Waals surface area (Å²) >= 11 is 0. The monoisotopic (exact) mass is 252 g/mol. The number of hydrogen-bond donors (Lipinski definition) is 0. The number of ketones is 1. The van der Waals surface area contributed by atoms with Gasteiger partial charge in [0.25, 0.3) is 0 Å². The van der Waals surface area contributed by atoms with Gasteiger partial charge in [0, 0.05) is 12.3 Å². The summed E-state index contributed by atoms with van der Waals surface area (Å²) in [5, 5.41) is 0. The van der Waals surface area contributed by atoms with Gasteiger partial charge in [-0.2, -0.15) is 0 Å². The first-order valence-corrected chi connectivity index (χ1v) is 7.08. The maximum absolute atomic E-state index is 12.2. The number of carbonyl (C=O) groups is 2. The van der Waals surface area contributed by atoms with Gasteiger partial charge in [0.05, 0.1) is 13.5 Å². The van der Waals surface area contributed by atoms with E-state index in [1.807, 2.05) is 0 Å². The number of fused-ring (bicyclic) bond motifs is 1. The number of Topliss-reactive ketones (excluding diaryl/α,β-unsaturated/α-hetero) is 1. The second-order valence-electron chi connectivity index (χ2n) is 6.32. The van der Waals surface area contributed by atoms with Crippen molar-refractivity contribution in [1.29, 1.82) is 0 Å². The van der Waals surface area contributed by atoms with Gasteiger partial charge in [0.15, 0.2) is 0 Å². The quantitative estimate of drug-likeness (QED) is 0.710. The maximum Gasteiger partial charge on any atom is 0.306 e. The summed E-state index contributed by atoms with van der Waals surface area (Å²) in [5.41, 5.74) is 0.0151. The normalized spacial score (nSPS) is 40.2. The van der Waals surface area contributed by atoms with E-state index < -0.39 is 0 Å². The molecule has 4 atom stereocenters. The Bertz CT molecular complexity index is 350. The van der Waals surface area contributed by atoms with Crippen LogP contribution < -0.4 is 0 Å². The lowest BCUT2D eigenvalue weighted by atomic mass is 9.52. The van der Waals surface area contributed by atoms with Gasteiger partial charge >= 0.3 is 5.97 Å². The molecule has 2 saturated carbocycles. The van der Waals surface area contributed by atoms with Crippen molar-refractivity contribution in [2.75, 3.05) is 7.11 Å². The highest BCUT2D eigenvalue weighted by Crippen LogP contribution is 2.55. The fourth-order valence-corrected chi connectivity index (χ4v) is 4.33. The molecule has 3 nitrogen and oxygen atoms in total. The zero-order chi connectivity index (χ0) is 13.3. The zero-order valence-electron chi connectivity index (χ0n) is 11.7. The van der Waals surface area contributed by atoms with Crippen molar-refractivity contribution in [2.45, 2.75) is 52.4 Å².